The highest BCUT2D eigenvalue weighted by Gasteiger charge is 2.18. The predicted octanol–water partition coefficient (Wildman–Crippen LogP) is 3.47. The van der Waals surface area contributed by atoms with Crippen LogP contribution in [0, 0.1) is 0 Å². The summed E-state index contributed by atoms with van der Waals surface area (Å²) < 4.78 is 5.30. The molecule has 1 rings (SSSR count). The van der Waals surface area contributed by atoms with Crippen molar-refractivity contribution in [3.05, 3.63) is 35.9 Å². The summed E-state index contributed by atoms with van der Waals surface area (Å²) >= 11 is 0. The van der Waals surface area contributed by atoms with Crippen LogP contribution in [0.2, 0.25) is 0 Å². The number of carbonyl (C=O) groups is 1. The number of rotatable bonds is 8. The van der Waals surface area contributed by atoms with Crippen LogP contribution in [-0.2, 0) is 11.2 Å². The van der Waals surface area contributed by atoms with Gasteiger partial charge in [-0.3, -0.25) is 0 Å². The van der Waals surface area contributed by atoms with Gasteiger partial charge in [-0.05, 0) is 52.1 Å². The Kier molecular flexibility index (Phi) is 7.96. The molecule has 124 valence electrons. The zero-order valence-corrected chi connectivity index (χ0v) is 14.4. The number of hydrogen-bond donors (Lipinski definition) is 1. The van der Waals surface area contributed by atoms with E-state index in [2.05, 4.69) is 29.6 Å². The van der Waals surface area contributed by atoms with Crippen molar-refractivity contribution in [1.82, 2.24) is 10.2 Å². The molecule has 0 heterocycles. The second kappa shape index (κ2) is 9.46. The predicted molar refractivity (Wildman–Crippen MR) is 91.1 cm³/mol. The smallest absolute Gasteiger partial charge is 0.410 e. The van der Waals surface area contributed by atoms with E-state index in [1.807, 2.05) is 26.8 Å². The lowest BCUT2D eigenvalue weighted by Crippen LogP contribution is -2.38. The molecule has 1 amide bonds. The largest absolute Gasteiger partial charge is 0.444 e. The molecule has 0 aromatic heterocycles. The monoisotopic (exact) mass is 306 g/mol. The summed E-state index contributed by atoms with van der Waals surface area (Å²) in [6.07, 6.45) is 3.18. The first-order chi connectivity index (χ1) is 10.4. The van der Waals surface area contributed by atoms with Gasteiger partial charge in [-0.1, -0.05) is 30.3 Å². The molecular weight excluding hydrogens is 276 g/mol. The molecule has 4 heteroatoms. The average Bonchev–Trinajstić information content (AvgIpc) is 2.45. The van der Waals surface area contributed by atoms with Crippen LogP contribution in [0.5, 0.6) is 0 Å². The summed E-state index contributed by atoms with van der Waals surface area (Å²) in [6.45, 7) is 8.07. The Morgan fingerprint density at radius 1 is 1.14 bits per heavy atom. The minimum absolute atomic E-state index is 0.265. The summed E-state index contributed by atoms with van der Waals surface area (Å²) in [5.41, 5.74) is 0.961. The molecule has 1 N–H and O–H groups in total. The van der Waals surface area contributed by atoms with Gasteiger partial charge in [0.25, 0.3) is 0 Å². The number of unbranched alkanes of at least 4 members (excludes halogenated alkanes) is 1. The number of carbonyl (C=O) groups excluding carboxylic acids is 1. The maximum atomic E-state index is 11.8. The molecule has 4 nitrogen and oxygen atoms in total. The van der Waals surface area contributed by atoms with Crippen molar-refractivity contribution < 1.29 is 9.53 Å². The number of benzene rings is 1. The van der Waals surface area contributed by atoms with Gasteiger partial charge in [0, 0.05) is 20.1 Å². The van der Waals surface area contributed by atoms with Crippen molar-refractivity contribution in [3.8, 4) is 0 Å². The molecular formula is C18H30N2O2. The van der Waals surface area contributed by atoms with Crippen LogP contribution < -0.4 is 5.32 Å². The molecule has 0 aliphatic carbocycles. The number of hydrogen-bond acceptors (Lipinski definition) is 3. The summed E-state index contributed by atoms with van der Waals surface area (Å²) in [4.78, 5) is 13.4. The number of nitrogens with one attached hydrogen (secondary N) is 1. The Balaban J connectivity index is 2.02. The second-order valence-electron chi connectivity index (χ2n) is 6.59. The second-order valence-corrected chi connectivity index (χ2v) is 6.59. The van der Waals surface area contributed by atoms with Crippen LogP contribution >= 0.6 is 0 Å². The molecule has 0 atom stereocenters. The first kappa shape index (κ1) is 18.5. The number of amides is 1. The van der Waals surface area contributed by atoms with Gasteiger partial charge >= 0.3 is 6.09 Å². The molecule has 1 aromatic carbocycles. The van der Waals surface area contributed by atoms with Crippen molar-refractivity contribution in [3.63, 3.8) is 0 Å². The third kappa shape index (κ3) is 8.67. The molecule has 0 fully saturated rings. The Morgan fingerprint density at radius 3 is 2.45 bits per heavy atom. The van der Waals surface area contributed by atoms with Crippen molar-refractivity contribution in [2.75, 3.05) is 26.7 Å². The molecule has 0 saturated heterocycles. The standard InChI is InChI=1S/C18H30N2O2/c1-18(2,3)22-17(21)20(4)15-14-19-13-9-8-12-16-10-6-5-7-11-16/h5-7,10-11,19H,8-9,12-15H2,1-4H3. The Hall–Kier alpha value is -1.55. The summed E-state index contributed by atoms with van der Waals surface area (Å²) in [7, 11) is 1.77. The Morgan fingerprint density at radius 2 is 1.82 bits per heavy atom. The molecule has 0 radical (unpaired) electrons. The topological polar surface area (TPSA) is 41.6 Å². The van der Waals surface area contributed by atoms with Crippen molar-refractivity contribution in [2.24, 2.45) is 0 Å². The third-order valence-corrected chi connectivity index (χ3v) is 3.24. The molecule has 0 bridgehead atoms. The highest BCUT2D eigenvalue weighted by Crippen LogP contribution is 2.08. The molecule has 22 heavy (non-hydrogen) atoms. The van der Waals surface area contributed by atoms with Gasteiger partial charge in [-0.25, -0.2) is 4.79 Å². The molecule has 0 aliphatic rings. The van der Waals surface area contributed by atoms with Crippen LogP contribution in [-0.4, -0.2) is 43.3 Å². The fraction of sp³-hybridized carbons (Fsp3) is 0.611. The van der Waals surface area contributed by atoms with E-state index in [0.717, 1.165) is 25.9 Å². The van der Waals surface area contributed by atoms with E-state index in [0.29, 0.717) is 6.54 Å². The van der Waals surface area contributed by atoms with Gasteiger partial charge in [0.2, 0.25) is 0 Å². The van der Waals surface area contributed by atoms with Gasteiger partial charge in [0.15, 0.2) is 0 Å². The highest BCUT2D eigenvalue weighted by molar-refractivity contribution is 5.67. The van der Waals surface area contributed by atoms with E-state index in [9.17, 15) is 4.79 Å². The van der Waals surface area contributed by atoms with Gasteiger partial charge in [-0.2, -0.15) is 0 Å². The first-order valence-electron chi connectivity index (χ1n) is 8.07. The van der Waals surface area contributed by atoms with Crippen molar-refractivity contribution >= 4 is 6.09 Å². The van der Waals surface area contributed by atoms with Crippen LogP contribution in [0.4, 0.5) is 4.79 Å². The third-order valence-electron chi connectivity index (χ3n) is 3.24. The highest BCUT2D eigenvalue weighted by atomic mass is 16.6. The maximum absolute atomic E-state index is 11.8. The number of ether oxygens (including phenoxy) is 1. The van der Waals surface area contributed by atoms with E-state index < -0.39 is 5.60 Å². The number of aryl methyl sites for hydroxylation is 1. The zero-order chi connectivity index (χ0) is 16.4. The van der Waals surface area contributed by atoms with Gasteiger partial charge in [-0.15, -0.1) is 0 Å². The molecule has 0 aliphatic heterocycles. The van der Waals surface area contributed by atoms with Crippen LogP contribution in [0.3, 0.4) is 0 Å². The molecule has 0 saturated carbocycles. The first-order valence-corrected chi connectivity index (χ1v) is 8.07. The van der Waals surface area contributed by atoms with Crippen molar-refractivity contribution in [2.45, 2.75) is 45.6 Å². The fourth-order valence-corrected chi connectivity index (χ4v) is 2.03. The SMILES string of the molecule is CN(CCNCCCCc1ccccc1)C(=O)OC(C)(C)C. The van der Waals surface area contributed by atoms with Gasteiger partial charge < -0.3 is 15.0 Å². The Labute approximate surface area is 134 Å². The minimum Gasteiger partial charge on any atom is -0.444 e. The van der Waals surface area contributed by atoms with E-state index >= 15 is 0 Å². The van der Waals surface area contributed by atoms with Gasteiger partial charge in [0.05, 0.1) is 0 Å². The van der Waals surface area contributed by atoms with Crippen LogP contribution in [0.25, 0.3) is 0 Å². The van der Waals surface area contributed by atoms with Crippen LogP contribution in [0.1, 0.15) is 39.2 Å². The lowest BCUT2D eigenvalue weighted by atomic mass is 10.1. The number of likely N-dealkylation sites (N-methyl/N-ethyl adjacent to an activating group) is 1. The summed E-state index contributed by atoms with van der Waals surface area (Å²) in [5.74, 6) is 0. The molecule has 0 unspecified atom stereocenters. The van der Waals surface area contributed by atoms with E-state index in [4.69, 9.17) is 4.74 Å². The zero-order valence-electron chi connectivity index (χ0n) is 14.4. The molecule has 1 aromatic rings. The maximum Gasteiger partial charge on any atom is 0.410 e. The summed E-state index contributed by atoms with van der Waals surface area (Å²) in [5, 5.41) is 3.37. The normalized spacial score (nSPS) is 11.3. The van der Waals surface area contributed by atoms with Crippen molar-refractivity contribution in [1.29, 1.82) is 0 Å². The number of nitrogens with zero attached hydrogens (tertiary/aromatic N) is 1. The van der Waals surface area contributed by atoms with Crippen LogP contribution in [0.15, 0.2) is 30.3 Å². The summed E-state index contributed by atoms with van der Waals surface area (Å²) in [6, 6.07) is 10.6. The van der Waals surface area contributed by atoms with E-state index in [1.165, 1.54) is 12.0 Å². The van der Waals surface area contributed by atoms with Gasteiger partial charge in [0.1, 0.15) is 5.60 Å². The quantitative estimate of drug-likeness (QED) is 0.748. The lowest BCUT2D eigenvalue weighted by molar-refractivity contribution is 0.0300. The van der Waals surface area contributed by atoms with E-state index in [-0.39, 0.29) is 6.09 Å². The Bertz CT molecular complexity index is 426. The fourth-order valence-electron chi connectivity index (χ4n) is 2.03. The van der Waals surface area contributed by atoms with E-state index in [1.54, 1.807) is 11.9 Å². The minimum atomic E-state index is -0.434. The lowest BCUT2D eigenvalue weighted by Gasteiger charge is -2.24. The average molecular weight is 306 g/mol. The molecule has 0 spiro atoms.